The minimum absolute atomic E-state index is 0.181. The first-order valence-electron chi connectivity index (χ1n) is 9.25. The van der Waals surface area contributed by atoms with Crippen LogP contribution in [0.5, 0.6) is 5.75 Å². The third-order valence-electron chi connectivity index (χ3n) is 3.93. The molecule has 144 valence electrons. The van der Waals surface area contributed by atoms with Gasteiger partial charge >= 0.3 is 0 Å². The zero-order valence-electron chi connectivity index (χ0n) is 16.6. The third kappa shape index (κ3) is 6.03. The molecule has 0 saturated carbocycles. The second-order valence-corrected chi connectivity index (χ2v) is 5.86. The molecular weight excluding hydrogens is 348 g/mol. The van der Waals surface area contributed by atoms with Gasteiger partial charge in [-0.3, -0.25) is 0 Å². The summed E-state index contributed by atoms with van der Waals surface area (Å²) in [5, 5.41) is 0. The van der Waals surface area contributed by atoms with Gasteiger partial charge in [-0.05, 0) is 42.3 Å². The van der Waals surface area contributed by atoms with Crippen LogP contribution in [0, 0.1) is 18.8 Å². The van der Waals surface area contributed by atoms with Crippen LogP contribution in [0.2, 0.25) is 0 Å². The predicted molar refractivity (Wildman–Crippen MR) is 115 cm³/mol. The molecule has 0 fully saturated rings. The van der Waals surface area contributed by atoms with Crippen LogP contribution in [-0.4, -0.2) is 16.6 Å². The summed E-state index contributed by atoms with van der Waals surface area (Å²) >= 11 is 0. The van der Waals surface area contributed by atoms with E-state index in [1.54, 1.807) is 6.20 Å². The molecule has 0 radical (unpaired) electrons. The van der Waals surface area contributed by atoms with Crippen molar-refractivity contribution >= 4 is 11.8 Å². The molecule has 0 spiro atoms. The quantitative estimate of drug-likeness (QED) is 0.674. The van der Waals surface area contributed by atoms with Crippen LogP contribution < -0.4 is 16.2 Å². The maximum Gasteiger partial charge on any atom is 0.221 e. The molecular formula is C23H26N4O. The zero-order chi connectivity index (χ0) is 20.4. The summed E-state index contributed by atoms with van der Waals surface area (Å²) in [6.07, 6.45) is 2.30. The van der Waals surface area contributed by atoms with E-state index in [2.05, 4.69) is 34.8 Å². The Bertz CT molecular complexity index is 959. The van der Waals surface area contributed by atoms with Crippen LogP contribution in [0.3, 0.4) is 0 Å². The van der Waals surface area contributed by atoms with Crippen molar-refractivity contribution in [3.05, 3.63) is 77.0 Å². The molecule has 0 amide bonds. The number of anilines is 2. The van der Waals surface area contributed by atoms with E-state index in [0.717, 1.165) is 28.0 Å². The van der Waals surface area contributed by atoms with E-state index in [1.165, 1.54) is 0 Å². The van der Waals surface area contributed by atoms with Crippen LogP contribution in [0.1, 0.15) is 36.1 Å². The summed E-state index contributed by atoms with van der Waals surface area (Å²) in [5.74, 6) is 7.57. The molecule has 28 heavy (non-hydrogen) atoms. The summed E-state index contributed by atoms with van der Waals surface area (Å²) < 4.78 is 5.59. The van der Waals surface area contributed by atoms with Crippen LogP contribution >= 0.6 is 0 Å². The van der Waals surface area contributed by atoms with Crippen molar-refractivity contribution in [1.29, 1.82) is 0 Å². The fraction of sp³-hybridized carbons (Fsp3) is 0.217. The number of hydrogen-bond donors (Lipinski definition) is 2. The number of aryl methyl sites for hydroxylation is 1. The summed E-state index contributed by atoms with van der Waals surface area (Å²) in [4.78, 5) is 8.03. The standard InChI is InChI=1S/C21H20N4O.C2H6/c1-15-9-10-16(6-5-11-26-19-7-3-2-4-8-19)12-17(15)13-18-14-24-21(23)25-20(18)22;1-2/h2-4,7-10,12,14H,11,13H2,1H3,(H4,22,23,24,25);1-2H3. The van der Waals surface area contributed by atoms with Gasteiger partial charge in [-0.15, -0.1) is 0 Å². The topological polar surface area (TPSA) is 87.0 Å². The fourth-order valence-corrected chi connectivity index (χ4v) is 2.49. The van der Waals surface area contributed by atoms with Crippen LogP contribution in [0.15, 0.2) is 54.7 Å². The molecule has 0 aliphatic rings. The molecule has 5 nitrogen and oxygen atoms in total. The number of para-hydroxylation sites is 1. The highest BCUT2D eigenvalue weighted by molar-refractivity contribution is 5.47. The van der Waals surface area contributed by atoms with Crippen LogP contribution in [0.4, 0.5) is 11.8 Å². The molecule has 3 rings (SSSR count). The Morgan fingerprint density at radius 3 is 2.46 bits per heavy atom. The molecule has 0 saturated heterocycles. The maximum absolute atomic E-state index is 5.94. The molecule has 3 aromatic rings. The Hall–Kier alpha value is -3.52. The lowest BCUT2D eigenvalue weighted by Crippen LogP contribution is -2.04. The second kappa shape index (κ2) is 10.6. The highest BCUT2D eigenvalue weighted by Crippen LogP contribution is 2.18. The Kier molecular flexibility index (Phi) is 7.86. The predicted octanol–water partition coefficient (Wildman–Crippen LogP) is 4.00. The van der Waals surface area contributed by atoms with E-state index in [0.29, 0.717) is 18.8 Å². The summed E-state index contributed by atoms with van der Waals surface area (Å²) in [5.41, 5.74) is 15.5. The smallest absolute Gasteiger partial charge is 0.221 e. The Labute approximate surface area is 166 Å². The number of ether oxygens (including phenoxy) is 1. The molecule has 4 N–H and O–H groups in total. The molecule has 2 aromatic carbocycles. The number of nitrogens with two attached hydrogens (primary N) is 2. The van der Waals surface area contributed by atoms with Gasteiger partial charge < -0.3 is 16.2 Å². The fourth-order valence-electron chi connectivity index (χ4n) is 2.49. The van der Waals surface area contributed by atoms with Crippen molar-refractivity contribution in [3.8, 4) is 17.6 Å². The van der Waals surface area contributed by atoms with Gasteiger partial charge in [0.05, 0.1) is 0 Å². The number of benzene rings is 2. The van der Waals surface area contributed by atoms with Gasteiger partial charge in [-0.2, -0.15) is 4.98 Å². The Morgan fingerprint density at radius 2 is 1.75 bits per heavy atom. The largest absolute Gasteiger partial charge is 0.481 e. The van der Waals surface area contributed by atoms with Gasteiger partial charge in [0.2, 0.25) is 5.95 Å². The zero-order valence-corrected chi connectivity index (χ0v) is 16.6. The molecule has 0 atom stereocenters. The van der Waals surface area contributed by atoms with E-state index in [1.807, 2.05) is 56.3 Å². The first-order chi connectivity index (χ1) is 13.6. The van der Waals surface area contributed by atoms with Crippen molar-refractivity contribution in [2.75, 3.05) is 18.1 Å². The van der Waals surface area contributed by atoms with Crippen LogP contribution in [0.25, 0.3) is 0 Å². The van der Waals surface area contributed by atoms with Crippen molar-refractivity contribution in [2.45, 2.75) is 27.2 Å². The normalized spacial score (nSPS) is 9.54. The van der Waals surface area contributed by atoms with E-state index < -0.39 is 0 Å². The first kappa shape index (κ1) is 20.8. The number of nitrogen functional groups attached to an aromatic ring is 2. The average molecular weight is 374 g/mol. The second-order valence-electron chi connectivity index (χ2n) is 5.86. The minimum atomic E-state index is 0.181. The lowest BCUT2D eigenvalue weighted by atomic mass is 9.99. The van der Waals surface area contributed by atoms with E-state index in [-0.39, 0.29) is 5.95 Å². The highest BCUT2D eigenvalue weighted by Gasteiger charge is 2.06. The summed E-state index contributed by atoms with van der Waals surface area (Å²) in [7, 11) is 0. The molecule has 0 bridgehead atoms. The van der Waals surface area contributed by atoms with Crippen molar-refractivity contribution in [2.24, 2.45) is 0 Å². The van der Waals surface area contributed by atoms with Crippen molar-refractivity contribution in [3.63, 3.8) is 0 Å². The van der Waals surface area contributed by atoms with E-state index in [9.17, 15) is 0 Å². The minimum Gasteiger partial charge on any atom is -0.481 e. The lowest BCUT2D eigenvalue weighted by Gasteiger charge is -2.08. The molecule has 0 unspecified atom stereocenters. The number of nitrogens with zero attached hydrogens (tertiary/aromatic N) is 2. The Morgan fingerprint density at radius 1 is 1.00 bits per heavy atom. The number of hydrogen-bond acceptors (Lipinski definition) is 5. The van der Waals surface area contributed by atoms with Gasteiger partial charge in [-0.25, -0.2) is 4.98 Å². The number of rotatable bonds is 4. The van der Waals surface area contributed by atoms with Crippen molar-refractivity contribution < 1.29 is 4.74 Å². The average Bonchev–Trinajstić information content (AvgIpc) is 2.72. The third-order valence-corrected chi connectivity index (χ3v) is 3.93. The van der Waals surface area contributed by atoms with Gasteiger partial charge in [-0.1, -0.05) is 50.0 Å². The number of aromatic nitrogens is 2. The van der Waals surface area contributed by atoms with Gasteiger partial charge in [0.1, 0.15) is 18.2 Å². The van der Waals surface area contributed by atoms with E-state index in [4.69, 9.17) is 16.2 Å². The molecule has 0 aliphatic heterocycles. The highest BCUT2D eigenvalue weighted by atomic mass is 16.5. The summed E-state index contributed by atoms with van der Waals surface area (Å²) in [6, 6.07) is 15.7. The molecule has 0 aliphatic carbocycles. The van der Waals surface area contributed by atoms with Gasteiger partial charge in [0.15, 0.2) is 0 Å². The van der Waals surface area contributed by atoms with Crippen molar-refractivity contribution in [1.82, 2.24) is 9.97 Å². The van der Waals surface area contributed by atoms with Gasteiger partial charge in [0, 0.05) is 23.7 Å². The molecule has 1 aromatic heterocycles. The van der Waals surface area contributed by atoms with E-state index >= 15 is 0 Å². The molecule has 1 heterocycles. The summed E-state index contributed by atoms with van der Waals surface area (Å²) in [6.45, 7) is 6.39. The lowest BCUT2D eigenvalue weighted by molar-refractivity contribution is 0.370. The SMILES string of the molecule is CC.Cc1ccc(C#CCOc2ccccc2)cc1Cc1cnc(N)nc1N. The Balaban J connectivity index is 0.00000136. The molecule has 5 heteroatoms. The van der Waals surface area contributed by atoms with Crippen LogP contribution in [-0.2, 0) is 6.42 Å². The van der Waals surface area contributed by atoms with Gasteiger partial charge in [0.25, 0.3) is 0 Å². The first-order valence-corrected chi connectivity index (χ1v) is 9.25. The maximum atomic E-state index is 5.94. The monoisotopic (exact) mass is 374 g/mol.